The van der Waals surface area contributed by atoms with Gasteiger partial charge in [-0.3, -0.25) is 9.79 Å². The molecular formula is C39H50N6O7S2. The lowest BCUT2D eigenvalue weighted by molar-refractivity contribution is -0.124. The standard InChI is InChI=1S/C39H50N6O7S2/c1-24-21-32(51-7)25(2)26(3)34(24)54(49,50)45-37(40)42-18-12-17-30(33(46)36-41-19-20-53-36)43-35(47)31(44-38(48)52-39(4,5)6)23-27-13-11-16-29(22-27)28-14-9-8-10-15-28/h8-11,13-16,19-22,30-31,33,46H,12,17-18,23H2,1-7H3,(H,43,47)(H,44,48)(H3,40,42,45)/t30-,31-,33?/m0/s1. The van der Waals surface area contributed by atoms with E-state index in [4.69, 9.17) is 15.2 Å². The van der Waals surface area contributed by atoms with Crippen molar-refractivity contribution in [2.45, 2.75) is 89.5 Å². The van der Waals surface area contributed by atoms with E-state index in [9.17, 15) is 23.1 Å². The summed E-state index contributed by atoms with van der Waals surface area (Å²) in [4.78, 5) is 35.5. The van der Waals surface area contributed by atoms with Crippen molar-refractivity contribution in [3.05, 3.63) is 99.5 Å². The van der Waals surface area contributed by atoms with Crippen LogP contribution in [0.4, 0.5) is 4.79 Å². The second kappa shape index (κ2) is 18.4. The van der Waals surface area contributed by atoms with Crippen molar-refractivity contribution in [2.75, 3.05) is 13.7 Å². The van der Waals surface area contributed by atoms with E-state index in [-0.39, 0.29) is 30.2 Å². The lowest BCUT2D eigenvalue weighted by Crippen LogP contribution is -2.52. The molecule has 0 saturated carbocycles. The van der Waals surface area contributed by atoms with Crippen molar-refractivity contribution < 1.29 is 32.6 Å². The number of amides is 2. The van der Waals surface area contributed by atoms with Gasteiger partial charge in [0, 0.05) is 24.5 Å². The Hall–Kier alpha value is -4.99. The van der Waals surface area contributed by atoms with Crippen LogP contribution in [0.3, 0.4) is 0 Å². The van der Waals surface area contributed by atoms with E-state index in [2.05, 4.69) is 25.3 Å². The van der Waals surface area contributed by atoms with Gasteiger partial charge in [0.05, 0.1) is 18.0 Å². The fourth-order valence-electron chi connectivity index (χ4n) is 5.93. The van der Waals surface area contributed by atoms with E-state index in [1.165, 1.54) is 18.4 Å². The lowest BCUT2D eigenvalue weighted by Gasteiger charge is -2.27. The first-order valence-electron chi connectivity index (χ1n) is 17.5. The zero-order valence-electron chi connectivity index (χ0n) is 31.7. The molecule has 3 aromatic carbocycles. The van der Waals surface area contributed by atoms with Crippen LogP contribution in [0.2, 0.25) is 0 Å². The van der Waals surface area contributed by atoms with E-state index in [1.54, 1.807) is 59.2 Å². The van der Waals surface area contributed by atoms with Crippen LogP contribution in [0.5, 0.6) is 5.75 Å². The van der Waals surface area contributed by atoms with Crippen LogP contribution in [-0.4, -0.2) is 67.8 Å². The van der Waals surface area contributed by atoms with Gasteiger partial charge < -0.3 is 30.9 Å². The number of aliphatic hydroxyl groups is 1. The summed E-state index contributed by atoms with van der Waals surface area (Å²) in [6.45, 7) is 10.4. The molecular weight excluding hydrogens is 729 g/mol. The van der Waals surface area contributed by atoms with E-state index in [0.717, 1.165) is 16.7 Å². The fourth-order valence-corrected chi connectivity index (χ4v) is 8.09. The average Bonchev–Trinajstić information content (AvgIpc) is 3.65. The Morgan fingerprint density at radius 2 is 1.70 bits per heavy atom. The van der Waals surface area contributed by atoms with Gasteiger partial charge in [-0.1, -0.05) is 54.6 Å². The number of nitrogens with two attached hydrogens (primary N) is 1. The molecule has 0 fully saturated rings. The highest BCUT2D eigenvalue weighted by Crippen LogP contribution is 2.30. The highest BCUT2D eigenvalue weighted by atomic mass is 32.2. The molecule has 3 atom stereocenters. The van der Waals surface area contributed by atoms with Gasteiger partial charge in [0.2, 0.25) is 11.9 Å². The number of nitrogens with one attached hydrogen (secondary N) is 3. The number of rotatable bonds is 15. The number of aryl methyl sites for hydroxylation is 1. The smallest absolute Gasteiger partial charge is 0.408 e. The molecule has 15 heteroatoms. The number of ether oxygens (including phenoxy) is 2. The Bertz CT molecular complexity index is 2030. The maximum Gasteiger partial charge on any atom is 0.408 e. The zero-order chi connectivity index (χ0) is 39.6. The van der Waals surface area contributed by atoms with Crippen LogP contribution in [0.15, 0.2) is 82.1 Å². The van der Waals surface area contributed by atoms with E-state index in [1.807, 2.05) is 54.6 Å². The minimum atomic E-state index is -4.07. The van der Waals surface area contributed by atoms with Gasteiger partial charge in [-0.2, -0.15) is 0 Å². The molecule has 1 heterocycles. The summed E-state index contributed by atoms with van der Waals surface area (Å²) in [5.41, 5.74) is 9.70. The summed E-state index contributed by atoms with van der Waals surface area (Å²) in [6.07, 6.45) is 0.273. The number of aromatic nitrogens is 1. The number of alkyl carbamates (subject to hydrolysis) is 1. The maximum atomic E-state index is 14.0. The summed E-state index contributed by atoms with van der Waals surface area (Å²) < 4.78 is 39.8. The topological polar surface area (TPSA) is 194 Å². The Kier molecular flexibility index (Phi) is 14.2. The second-order valence-corrected chi connectivity index (χ2v) is 16.4. The third-order valence-corrected chi connectivity index (χ3v) is 11.0. The second-order valence-electron chi connectivity index (χ2n) is 13.9. The molecule has 1 aromatic heterocycles. The minimum absolute atomic E-state index is 0.0801. The zero-order valence-corrected chi connectivity index (χ0v) is 33.3. The molecule has 13 nitrogen and oxygen atoms in total. The molecule has 54 heavy (non-hydrogen) atoms. The van der Waals surface area contributed by atoms with Gasteiger partial charge in [-0.15, -0.1) is 11.3 Å². The summed E-state index contributed by atoms with van der Waals surface area (Å²) in [7, 11) is -2.54. The third kappa shape index (κ3) is 11.5. The van der Waals surface area contributed by atoms with Gasteiger partial charge in [0.25, 0.3) is 10.0 Å². The van der Waals surface area contributed by atoms with Crippen molar-refractivity contribution in [2.24, 2.45) is 10.7 Å². The Balaban J connectivity index is 1.51. The highest BCUT2D eigenvalue weighted by Gasteiger charge is 2.30. The van der Waals surface area contributed by atoms with Crippen molar-refractivity contribution in [3.8, 4) is 16.9 Å². The largest absolute Gasteiger partial charge is 0.496 e. The summed E-state index contributed by atoms with van der Waals surface area (Å²) in [6, 6.07) is 17.2. The van der Waals surface area contributed by atoms with E-state index < -0.39 is 45.8 Å². The number of nitrogens with zero attached hydrogens (tertiary/aromatic N) is 2. The fraction of sp³-hybridized carbons (Fsp3) is 0.385. The van der Waals surface area contributed by atoms with Gasteiger partial charge in [-0.05, 0) is 93.8 Å². The van der Waals surface area contributed by atoms with Crippen LogP contribution in [0.25, 0.3) is 11.1 Å². The number of sulfonamides is 1. The Morgan fingerprint density at radius 3 is 2.35 bits per heavy atom. The quantitative estimate of drug-likeness (QED) is 0.0591. The summed E-state index contributed by atoms with van der Waals surface area (Å²) >= 11 is 1.23. The number of thiazole rings is 1. The van der Waals surface area contributed by atoms with Crippen molar-refractivity contribution in [1.29, 1.82) is 0 Å². The molecule has 1 unspecified atom stereocenters. The predicted molar refractivity (Wildman–Crippen MR) is 211 cm³/mol. The first-order valence-corrected chi connectivity index (χ1v) is 19.8. The molecule has 0 radical (unpaired) electrons. The molecule has 0 aliphatic heterocycles. The molecule has 2 amide bonds. The number of methoxy groups -OCH3 is 1. The number of hydrogen-bond donors (Lipinski definition) is 5. The molecule has 4 rings (SSSR count). The first-order chi connectivity index (χ1) is 25.5. The number of carbonyl (C=O) groups is 2. The number of benzene rings is 3. The van der Waals surface area contributed by atoms with Gasteiger partial charge in [0.15, 0.2) is 0 Å². The first kappa shape index (κ1) is 41.8. The number of guanidine groups is 1. The van der Waals surface area contributed by atoms with E-state index in [0.29, 0.717) is 33.9 Å². The molecule has 6 N–H and O–H groups in total. The van der Waals surface area contributed by atoms with Crippen LogP contribution in [0, 0.1) is 20.8 Å². The molecule has 0 spiro atoms. The predicted octanol–water partition coefficient (Wildman–Crippen LogP) is 5.47. The van der Waals surface area contributed by atoms with Crippen molar-refractivity contribution in [3.63, 3.8) is 0 Å². The van der Waals surface area contributed by atoms with Crippen molar-refractivity contribution >= 4 is 39.3 Å². The number of aliphatic hydroxyl groups excluding tert-OH is 1. The third-order valence-electron chi connectivity index (χ3n) is 8.56. The van der Waals surface area contributed by atoms with Crippen LogP contribution in [-0.2, 0) is 26.0 Å². The van der Waals surface area contributed by atoms with Gasteiger partial charge in [0.1, 0.15) is 28.5 Å². The lowest BCUT2D eigenvalue weighted by atomic mass is 9.98. The number of carbonyl (C=O) groups excluding carboxylic acids is 2. The molecule has 0 saturated heterocycles. The average molecular weight is 779 g/mol. The highest BCUT2D eigenvalue weighted by molar-refractivity contribution is 7.90. The normalized spacial score (nSPS) is 13.7. The van der Waals surface area contributed by atoms with E-state index >= 15 is 0 Å². The molecule has 4 aromatic rings. The Morgan fingerprint density at radius 1 is 1.00 bits per heavy atom. The van der Waals surface area contributed by atoms with Crippen LogP contribution >= 0.6 is 11.3 Å². The van der Waals surface area contributed by atoms with Crippen molar-refractivity contribution in [1.82, 2.24) is 20.3 Å². The Labute approximate surface area is 321 Å². The number of aliphatic imine (C=N–C) groups is 1. The summed E-state index contributed by atoms with van der Waals surface area (Å²) in [5, 5.41) is 19.1. The maximum absolute atomic E-state index is 14.0. The molecule has 0 bridgehead atoms. The summed E-state index contributed by atoms with van der Waals surface area (Å²) in [5.74, 6) is -0.262. The SMILES string of the molecule is COc1cc(C)c(S(=O)(=O)NC(N)=NCCC[C@H](NC(=O)[C@H](Cc2cccc(-c3ccccc3)c2)NC(=O)OC(C)(C)C)C(O)c2nccs2)c(C)c1C. The van der Waals surface area contributed by atoms with Crippen LogP contribution < -0.4 is 25.8 Å². The van der Waals surface area contributed by atoms with Gasteiger partial charge >= 0.3 is 6.09 Å². The van der Waals surface area contributed by atoms with Crippen LogP contribution in [0.1, 0.15) is 67.0 Å². The minimum Gasteiger partial charge on any atom is -0.496 e. The van der Waals surface area contributed by atoms with Gasteiger partial charge in [-0.25, -0.2) is 22.9 Å². The molecule has 0 aliphatic rings. The molecule has 0 aliphatic carbocycles. The number of hydrogen-bond acceptors (Lipinski definition) is 10. The molecule has 290 valence electrons. The monoisotopic (exact) mass is 778 g/mol.